The fraction of sp³-hybridized carbons (Fsp3) is 0. The van der Waals surface area contributed by atoms with Gasteiger partial charge in [-0.1, -0.05) is 0 Å². The summed E-state index contributed by atoms with van der Waals surface area (Å²) in [5.41, 5.74) is 5.81. The normalized spacial score (nSPS) is 10.3. The third-order valence-corrected chi connectivity index (χ3v) is 3.08. The molecule has 98 valence electrons. The van der Waals surface area contributed by atoms with Crippen molar-refractivity contribution in [2.75, 3.05) is 11.1 Å². The molecule has 0 aliphatic carbocycles. The number of hydrogen-bond donors (Lipinski definition) is 2. The Morgan fingerprint density at radius 1 is 1.11 bits per heavy atom. The molecule has 0 radical (unpaired) electrons. The van der Waals surface area contributed by atoms with Crippen molar-refractivity contribution in [3.05, 3.63) is 58.1 Å². The van der Waals surface area contributed by atoms with E-state index in [2.05, 4.69) is 21.2 Å². The van der Waals surface area contributed by atoms with Crippen LogP contribution in [-0.2, 0) is 0 Å². The van der Waals surface area contributed by atoms with E-state index in [1.807, 2.05) is 0 Å². The van der Waals surface area contributed by atoms with E-state index in [0.717, 1.165) is 12.1 Å². The number of carbonyl (C=O) groups excluding carboxylic acids is 1. The van der Waals surface area contributed by atoms with Crippen LogP contribution in [0.2, 0.25) is 0 Å². The largest absolute Gasteiger partial charge is 0.396 e. The number of nitrogens with two attached hydrogens (primary N) is 1. The van der Waals surface area contributed by atoms with Crippen molar-refractivity contribution < 1.29 is 13.6 Å². The molecule has 0 aliphatic rings. The van der Waals surface area contributed by atoms with Crippen molar-refractivity contribution >= 4 is 33.2 Å². The summed E-state index contributed by atoms with van der Waals surface area (Å²) in [6.45, 7) is 0. The number of benzene rings is 2. The summed E-state index contributed by atoms with van der Waals surface area (Å²) < 4.78 is 26.5. The Balaban J connectivity index is 2.20. The molecule has 2 rings (SSSR count). The summed E-state index contributed by atoms with van der Waals surface area (Å²) in [5.74, 6) is -1.60. The molecule has 0 unspecified atom stereocenters. The first-order valence-corrected chi connectivity index (χ1v) is 6.08. The van der Waals surface area contributed by atoms with E-state index >= 15 is 0 Å². The smallest absolute Gasteiger partial charge is 0.255 e. The molecule has 0 atom stereocenters. The molecule has 0 bridgehead atoms. The molecule has 19 heavy (non-hydrogen) atoms. The SMILES string of the molecule is Nc1cc(NC(=O)c2ccc(Br)c(F)c2)ccc1F. The highest BCUT2D eigenvalue weighted by Gasteiger charge is 2.09. The molecule has 3 N–H and O–H groups in total. The minimum Gasteiger partial charge on any atom is -0.396 e. The van der Waals surface area contributed by atoms with Crippen LogP contribution in [0.3, 0.4) is 0 Å². The van der Waals surface area contributed by atoms with Gasteiger partial charge in [-0.05, 0) is 52.3 Å². The predicted molar refractivity (Wildman–Crippen MR) is 72.9 cm³/mol. The number of halogens is 3. The number of nitrogen functional groups attached to an aromatic ring is 1. The van der Waals surface area contributed by atoms with Gasteiger partial charge in [-0.15, -0.1) is 0 Å². The lowest BCUT2D eigenvalue weighted by Gasteiger charge is -2.07. The Hall–Kier alpha value is -1.95. The van der Waals surface area contributed by atoms with Crippen molar-refractivity contribution in [3.63, 3.8) is 0 Å². The van der Waals surface area contributed by atoms with Crippen molar-refractivity contribution in [1.82, 2.24) is 0 Å². The zero-order valence-corrected chi connectivity index (χ0v) is 11.2. The number of nitrogens with one attached hydrogen (secondary N) is 1. The Bertz CT molecular complexity index is 647. The molecule has 2 aromatic rings. The van der Waals surface area contributed by atoms with Crippen LogP contribution in [0.25, 0.3) is 0 Å². The van der Waals surface area contributed by atoms with E-state index in [-0.39, 0.29) is 15.7 Å². The maximum Gasteiger partial charge on any atom is 0.255 e. The van der Waals surface area contributed by atoms with Crippen LogP contribution in [0.5, 0.6) is 0 Å². The molecule has 0 aliphatic heterocycles. The molecule has 0 saturated carbocycles. The molecule has 0 saturated heterocycles. The summed E-state index contributed by atoms with van der Waals surface area (Å²) in [4.78, 5) is 11.8. The Morgan fingerprint density at radius 2 is 1.84 bits per heavy atom. The highest BCUT2D eigenvalue weighted by Crippen LogP contribution is 2.19. The lowest BCUT2D eigenvalue weighted by atomic mass is 10.2. The lowest BCUT2D eigenvalue weighted by molar-refractivity contribution is 0.102. The van der Waals surface area contributed by atoms with E-state index in [9.17, 15) is 13.6 Å². The molecule has 0 aromatic heterocycles. The first-order valence-electron chi connectivity index (χ1n) is 5.29. The Kier molecular flexibility index (Phi) is 3.80. The first-order chi connectivity index (χ1) is 8.97. The first kappa shape index (κ1) is 13.5. The zero-order chi connectivity index (χ0) is 14.0. The fourth-order valence-corrected chi connectivity index (χ4v) is 1.71. The summed E-state index contributed by atoms with van der Waals surface area (Å²) in [6, 6.07) is 7.82. The number of anilines is 2. The average molecular weight is 327 g/mol. The van der Waals surface area contributed by atoms with E-state index in [0.29, 0.717) is 5.69 Å². The number of amides is 1. The van der Waals surface area contributed by atoms with Crippen LogP contribution in [-0.4, -0.2) is 5.91 Å². The standard InChI is InChI=1S/C13H9BrF2N2O/c14-9-3-1-7(5-11(9)16)13(19)18-8-2-4-10(15)12(17)6-8/h1-6H,17H2,(H,18,19). The third-order valence-electron chi connectivity index (χ3n) is 2.44. The number of rotatable bonds is 2. The van der Waals surface area contributed by atoms with Gasteiger partial charge in [0.05, 0.1) is 10.2 Å². The Morgan fingerprint density at radius 3 is 2.47 bits per heavy atom. The van der Waals surface area contributed by atoms with Crippen LogP contribution < -0.4 is 11.1 Å². The van der Waals surface area contributed by atoms with E-state index in [1.54, 1.807) is 0 Å². The molecule has 0 spiro atoms. The van der Waals surface area contributed by atoms with Gasteiger partial charge >= 0.3 is 0 Å². The van der Waals surface area contributed by atoms with Gasteiger partial charge in [-0.25, -0.2) is 8.78 Å². The molecule has 2 aromatic carbocycles. The van der Waals surface area contributed by atoms with Gasteiger partial charge in [0.15, 0.2) is 0 Å². The monoisotopic (exact) mass is 326 g/mol. The Labute approximate surface area is 116 Å². The fourth-order valence-electron chi connectivity index (χ4n) is 1.46. The summed E-state index contributed by atoms with van der Waals surface area (Å²) in [6.07, 6.45) is 0. The second-order valence-electron chi connectivity index (χ2n) is 3.82. The third kappa shape index (κ3) is 3.08. The van der Waals surface area contributed by atoms with Gasteiger partial charge in [-0.3, -0.25) is 4.79 Å². The van der Waals surface area contributed by atoms with Gasteiger partial charge in [-0.2, -0.15) is 0 Å². The molecule has 0 heterocycles. The van der Waals surface area contributed by atoms with Gasteiger partial charge < -0.3 is 11.1 Å². The maximum absolute atomic E-state index is 13.3. The van der Waals surface area contributed by atoms with Crippen molar-refractivity contribution in [3.8, 4) is 0 Å². The molecular formula is C13H9BrF2N2O. The van der Waals surface area contributed by atoms with Crippen LogP contribution in [0, 0.1) is 11.6 Å². The van der Waals surface area contributed by atoms with Crippen molar-refractivity contribution in [1.29, 1.82) is 0 Å². The van der Waals surface area contributed by atoms with Crippen LogP contribution in [0.1, 0.15) is 10.4 Å². The van der Waals surface area contributed by atoms with Crippen molar-refractivity contribution in [2.24, 2.45) is 0 Å². The predicted octanol–water partition coefficient (Wildman–Crippen LogP) is 3.56. The molecule has 1 amide bonds. The van der Waals surface area contributed by atoms with Crippen LogP contribution >= 0.6 is 15.9 Å². The summed E-state index contributed by atoms with van der Waals surface area (Å²) in [5, 5.41) is 2.51. The number of hydrogen-bond acceptors (Lipinski definition) is 2. The summed E-state index contributed by atoms with van der Waals surface area (Å²) >= 11 is 3.00. The molecule has 3 nitrogen and oxygen atoms in total. The highest BCUT2D eigenvalue weighted by atomic mass is 79.9. The zero-order valence-electron chi connectivity index (χ0n) is 9.58. The second-order valence-corrected chi connectivity index (χ2v) is 4.67. The van der Waals surface area contributed by atoms with Crippen molar-refractivity contribution in [2.45, 2.75) is 0 Å². The van der Waals surface area contributed by atoms with Crippen LogP contribution in [0.15, 0.2) is 40.9 Å². The molecule has 6 heteroatoms. The van der Waals surface area contributed by atoms with Gasteiger partial charge in [0, 0.05) is 11.3 Å². The molecular weight excluding hydrogens is 318 g/mol. The van der Waals surface area contributed by atoms with Gasteiger partial charge in [0.2, 0.25) is 0 Å². The average Bonchev–Trinajstić information content (AvgIpc) is 2.37. The lowest BCUT2D eigenvalue weighted by Crippen LogP contribution is -2.12. The minimum atomic E-state index is -0.562. The van der Waals surface area contributed by atoms with Crippen LogP contribution in [0.4, 0.5) is 20.2 Å². The minimum absolute atomic E-state index is 0.0696. The van der Waals surface area contributed by atoms with E-state index < -0.39 is 17.5 Å². The van der Waals surface area contributed by atoms with E-state index in [4.69, 9.17) is 5.73 Å². The van der Waals surface area contributed by atoms with Gasteiger partial charge in [0.1, 0.15) is 11.6 Å². The van der Waals surface area contributed by atoms with E-state index in [1.165, 1.54) is 24.3 Å². The summed E-state index contributed by atoms with van der Waals surface area (Å²) in [7, 11) is 0. The number of carbonyl (C=O) groups is 1. The highest BCUT2D eigenvalue weighted by molar-refractivity contribution is 9.10. The maximum atomic E-state index is 13.3. The topological polar surface area (TPSA) is 55.1 Å². The quantitative estimate of drug-likeness (QED) is 0.829. The molecule has 0 fully saturated rings. The second kappa shape index (κ2) is 5.36. The van der Waals surface area contributed by atoms with Gasteiger partial charge in [0.25, 0.3) is 5.91 Å².